The average molecular weight is 284 g/mol. The lowest BCUT2D eigenvalue weighted by Gasteiger charge is -2.21. The molecule has 1 saturated carbocycles. The van der Waals surface area contributed by atoms with Crippen LogP contribution in [0.3, 0.4) is 0 Å². The molecular weight excluding hydrogens is 269 g/mol. The van der Waals surface area contributed by atoms with Gasteiger partial charge in [-0.1, -0.05) is 6.42 Å². The molecule has 108 valence electrons. The van der Waals surface area contributed by atoms with Crippen LogP contribution in [-0.4, -0.2) is 17.8 Å². The van der Waals surface area contributed by atoms with Gasteiger partial charge in [0.25, 0.3) is 0 Å². The Labute approximate surface area is 115 Å². The SMILES string of the molecule is N#Cc1cc(NC2CCCC2CO)ccc1C(F)(F)F. The lowest BCUT2D eigenvalue weighted by atomic mass is 10.0. The highest BCUT2D eigenvalue weighted by Crippen LogP contribution is 2.34. The summed E-state index contributed by atoms with van der Waals surface area (Å²) in [4.78, 5) is 0. The molecular formula is C14H15F3N2O. The van der Waals surface area contributed by atoms with E-state index in [-0.39, 0.29) is 24.1 Å². The van der Waals surface area contributed by atoms with Crippen LogP contribution < -0.4 is 5.32 Å². The molecule has 2 atom stereocenters. The molecule has 1 aliphatic rings. The number of benzene rings is 1. The van der Waals surface area contributed by atoms with Crippen molar-refractivity contribution in [1.82, 2.24) is 0 Å². The molecule has 0 bridgehead atoms. The fraction of sp³-hybridized carbons (Fsp3) is 0.500. The predicted molar refractivity (Wildman–Crippen MR) is 68.0 cm³/mol. The van der Waals surface area contributed by atoms with Gasteiger partial charge < -0.3 is 10.4 Å². The van der Waals surface area contributed by atoms with Crippen molar-refractivity contribution in [2.75, 3.05) is 11.9 Å². The quantitative estimate of drug-likeness (QED) is 0.896. The van der Waals surface area contributed by atoms with Crippen LogP contribution in [0.1, 0.15) is 30.4 Å². The van der Waals surface area contributed by atoms with E-state index in [0.29, 0.717) is 5.69 Å². The number of nitrogens with one attached hydrogen (secondary N) is 1. The molecule has 1 aliphatic carbocycles. The molecule has 2 rings (SSSR count). The second kappa shape index (κ2) is 5.71. The predicted octanol–water partition coefficient (Wildman–Crippen LogP) is 3.15. The molecule has 0 spiro atoms. The molecule has 3 nitrogen and oxygen atoms in total. The normalized spacial score (nSPS) is 22.6. The smallest absolute Gasteiger partial charge is 0.396 e. The maximum Gasteiger partial charge on any atom is 0.417 e. The third kappa shape index (κ3) is 3.05. The number of hydrogen-bond donors (Lipinski definition) is 2. The van der Waals surface area contributed by atoms with Crippen molar-refractivity contribution in [2.45, 2.75) is 31.5 Å². The number of anilines is 1. The fourth-order valence-electron chi connectivity index (χ4n) is 2.63. The second-order valence-electron chi connectivity index (χ2n) is 4.99. The van der Waals surface area contributed by atoms with E-state index in [2.05, 4.69) is 5.32 Å². The van der Waals surface area contributed by atoms with Gasteiger partial charge in [0.2, 0.25) is 0 Å². The summed E-state index contributed by atoms with van der Waals surface area (Å²) >= 11 is 0. The van der Waals surface area contributed by atoms with Crippen molar-refractivity contribution in [1.29, 1.82) is 5.26 Å². The van der Waals surface area contributed by atoms with E-state index >= 15 is 0 Å². The van der Waals surface area contributed by atoms with Crippen molar-refractivity contribution in [2.24, 2.45) is 5.92 Å². The molecule has 2 unspecified atom stereocenters. The van der Waals surface area contributed by atoms with Gasteiger partial charge in [0.15, 0.2) is 0 Å². The minimum absolute atomic E-state index is 0.0447. The van der Waals surface area contributed by atoms with Gasteiger partial charge in [0.05, 0.1) is 17.2 Å². The maximum absolute atomic E-state index is 12.7. The molecule has 0 amide bonds. The van der Waals surface area contributed by atoms with E-state index in [9.17, 15) is 18.3 Å². The summed E-state index contributed by atoms with van der Waals surface area (Å²) in [5.74, 6) is 0.114. The highest BCUT2D eigenvalue weighted by Gasteiger charge is 2.34. The Bertz CT molecular complexity index is 522. The topological polar surface area (TPSA) is 56.0 Å². The number of alkyl halides is 3. The zero-order valence-electron chi connectivity index (χ0n) is 10.7. The molecule has 0 aliphatic heterocycles. The van der Waals surface area contributed by atoms with Gasteiger partial charge >= 0.3 is 6.18 Å². The van der Waals surface area contributed by atoms with Crippen molar-refractivity contribution in [3.63, 3.8) is 0 Å². The highest BCUT2D eigenvalue weighted by molar-refractivity contribution is 5.54. The molecule has 6 heteroatoms. The second-order valence-corrected chi connectivity index (χ2v) is 4.99. The molecule has 1 aromatic rings. The van der Waals surface area contributed by atoms with Crippen LogP contribution in [0.25, 0.3) is 0 Å². The summed E-state index contributed by atoms with van der Waals surface area (Å²) in [6.07, 6.45) is -1.77. The number of aliphatic hydroxyl groups is 1. The third-order valence-corrected chi connectivity index (χ3v) is 3.69. The molecule has 20 heavy (non-hydrogen) atoms. The minimum atomic E-state index is -4.52. The molecule has 1 aromatic carbocycles. The van der Waals surface area contributed by atoms with Crippen molar-refractivity contribution < 1.29 is 18.3 Å². The van der Waals surface area contributed by atoms with Crippen LogP contribution in [0.2, 0.25) is 0 Å². The van der Waals surface area contributed by atoms with Crippen LogP contribution in [0.15, 0.2) is 18.2 Å². The van der Waals surface area contributed by atoms with E-state index in [1.165, 1.54) is 12.1 Å². The maximum atomic E-state index is 12.7. The number of nitriles is 1. The summed E-state index contributed by atoms with van der Waals surface area (Å²) in [6, 6.07) is 5.10. The first kappa shape index (κ1) is 14.7. The largest absolute Gasteiger partial charge is 0.417 e. The van der Waals surface area contributed by atoms with Gasteiger partial charge in [-0.3, -0.25) is 0 Å². The molecule has 1 fully saturated rings. The molecule has 0 heterocycles. The Kier molecular flexibility index (Phi) is 4.19. The summed E-state index contributed by atoms with van der Waals surface area (Å²) in [5.41, 5.74) is -0.823. The van der Waals surface area contributed by atoms with E-state index < -0.39 is 11.7 Å². The van der Waals surface area contributed by atoms with Gasteiger partial charge in [-0.15, -0.1) is 0 Å². The Hall–Kier alpha value is -1.74. The lowest BCUT2D eigenvalue weighted by Crippen LogP contribution is -2.26. The summed E-state index contributed by atoms with van der Waals surface area (Å²) in [7, 11) is 0. The zero-order chi connectivity index (χ0) is 14.8. The van der Waals surface area contributed by atoms with Gasteiger partial charge in [-0.2, -0.15) is 18.4 Å². The first-order valence-corrected chi connectivity index (χ1v) is 6.44. The zero-order valence-corrected chi connectivity index (χ0v) is 10.7. The van der Waals surface area contributed by atoms with Crippen LogP contribution in [-0.2, 0) is 6.18 Å². The minimum Gasteiger partial charge on any atom is -0.396 e. The first-order valence-electron chi connectivity index (χ1n) is 6.44. The Morgan fingerprint density at radius 2 is 2.10 bits per heavy atom. The Morgan fingerprint density at radius 1 is 1.35 bits per heavy atom. The van der Waals surface area contributed by atoms with Gasteiger partial charge in [-0.25, -0.2) is 0 Å². The number of nitrogens with zero attached hydrogens (tertiary/aromatic N) is 1. The van der Waals surface area contributed by atoms with Crippen LogP contribution in [0.4, 0.5) is 18.9 Å². The van der Waals surface area contributed by atoms with Crippen molar-refractivity contribution >= 4 is 5.69 Å². The lowest BCUT2D eigenvalue weighted by molar-refractivity contribution is -0.137. The molecule has 0 aromatic heterocycles. The standard InChI is InChI=1S/C14H15F3N2O/c15-14(16,17)12-5-4-11(6-10(12)7-18)19-13-3-1-2-9(13)8-20/h4-6,9,13,19-20H,1-3,8H2. The van der Waals surface area contributed by atoms with Crippen LogP contribution in [0, 0.1) is 17.2 Å². The van der Waals surface area contributed by atoms with Gasteiger partial charge in [0.1, 0.15) is 0 Å². The summed E-state index contributed by atoms with van der Waals surface area (Å²) in [5, 5.41) is 21.2. The van der Waals surface area contributed by atoms with Gasteiger partial charge in [0, 0.05) is 24.3 Å². The van der Waals surface area contributed by atoms with Crippen molar-refractivity contribution in [3.05, 3.63) is 29.3 Å². The number of aliphatic hydroxyl groups excluding tert-OH is 1. The Balaban J connectivity index is 2.20. The molecule has 2 N–H and O–H groups in total. The van der Waals surface area contributed by atoms with E-state index in [1.807, 2.05) is 0 Å². The van der Waals surface area contributed by atoms with E-state index in [4.69, 9.17) is 5.26 Å². The van der Waals surface area contributed by atoms with Crippen molar-refractivity contribution in [3.8, 4) is 6.07 Å². The molecule has 0 radical (unpaired) electrons. The monoisotopic (exact) mass is 284 g/mol. The van der Waals surface area contributed by atoms with Crippen LogP contribution in [0.5, 0.6) is 0 Å². The first-order chi connectivity index (χ1) is 9.45. The fourth-order valence-corrected chi connectivity index (χ4v) is 2.63. The van der Waals surface area contributed by atoms with E-state index in [0.717, 1.165) is 25.3 Å². The van der Waals surface area contributed by atoms with Crippen LogP contribution >= 0.6 is 0 Å². The highest BCUT2D eigenvalue weighted by atomic mass is 19.4. The van der Waals surface area contributed by atoms with Gasteiger partial charge in [-0.05, 0) is 31.0 Å². The Morgan fingerprint density at radius 3 is 2.70 bits per heavy atom. The summed E-state index contributed by atoms with van der Waals surface area (Å²) in [6.45, 7) is 0.0589. The average Bonchev–Trinajstić information content (AvgIpc) is 2.84. The number of halogens is 3. The number of rotatable bonds is 3. The summed E-state index contributed by atoms with van der Waals surface area (Å²) < 4.78 is 38.1. The third-order valence-electron chi connectivity index (χ3n) is 3.69. The van der Waals surface area contributed by atoms with E-state index in [1.54, 1.807) is 6.07 Å². The molecule has 0 saturated heterocycles. The number of hydrogen-bond acceptors (Lipinski definition) is 3.